The van der Waals surface area contributed by atoms with Gasteiger partial charge in [-0.05, 0) is 67.7 Å². The van der Waals surface area contributed by atoms with Crippen molar-refractivity contribution in [3.05, 3.63) is 77.3 Å². The van der Waals surface area contributed by atoms with E-state index in [0.29, 0.717) is 34.5 Å². The minimum Gasteiger partial charge on any atom is -0.494 e. The largest absolute Gasteiger partial charge is 0.494 e. The van der Waals surface area contributed by atoms with Crippen molar-refractivity contribution in [2.75, 3.05) is 11.9 Å². The Morgan fingerprint density at radius 3 is 2.77 bits per heavy atom. The Hall–Kier alpha value is -3.42. The Balaban J connectivity index is 1.49. The van der Waals surface area contributed by atoms with Crippen molar-refractivity contribution in [2.24, 2.45) is 0 Å². The Morgan fingerprint density at radius 1 is 1.13 bits per heavy atom. The third kappa shape index (κ3) is 4.84. The number of nitrogens with one attached hydrogen (secondary N) is 3. The highest BCUT2D eigenvalue weighted by Crippen LogP contribution is 2.28. The van der Waals surface area contributed by atoms with Crippen LogP contribution in [0.1, 0.15) is 17.3 Å². The van der Waals surface area contributed by atoms with E-state index in [1.165, 1.54) is 0 Å². The molecule has 8 heteroatoms. The molecule has 0 atom stereocenters. The van der Waals surface area contributed by atoms with Crippen LogP contribution in [0.3, 0.4) is 0 Å². The molecule has 0 bridgehead atoms. The summed E-state index contributed by atoms with van der Waals surface area (Å²) in [6, 6.07) is 20.1. The molecule has 0 saturated carbocycles. The van der Waals surface area contributed by atoms with Crippen LogP contribution in [0.5, 0.6) is 5.75 Å². The van der Waals surface area contributed by atoms with E-state index in [1.54, 1.807) is 30.3 Å². The molecule has 0 spiro atoms. The average Bonchev–Trinajstić information content (AvgIpc) is 3.20. The van der Waals surface area contributed by atoms with Crippen LogP contribution in [0.15, 0.2) is 66.7 Å². The van der Waals surface area contributed by atoms with Gasteiger partial charge in [0.2, 0.25) is 0 Å². The van der Waals surface area contributed by atoms with Crippen LogP contribution in [-0.4, -0.2) is 27.6 Å². The lowest BCUT2D eigenvalue weighted by molar-refractivity contribution is 0.0977. The van der Waals surface area contributed by atoms with Gasteiger partial charge in [-0.2, -0.15) is 0 Å². The number of thiocarbonyl (C=S) groups is 1. The number of hydrogen-bond acceptors (Lipinski definition) is 4. The van der Waals surface area contributed by atoms with Crippen molar-refractivity contribution in [3.63, 3.8) is 0 Å². The Bertz CT molecular complexity index is 1240. The minimum absolute atomic E-state index is 0.135. The first-order valence-corrected chi connectivity index (χ1v) is 10.4. The number of aromatic nitrogens is 2. The van der Waals surface area contributed by atoms with Crippen LogP contribution in [-0.2, 0) is 0 Å². The summed E-state index contributed by atoms with van der Waals surface area (Å²) in [5.74, 6) is 0.989. The highest BCUT2D eigenvalue weighted by molar-refractivity contribution is 7.80. The Kier molecular flexibility index (Phi) is 6.16. The molecular weight excluding hydrogens is 432 g/mol. The standard InChI is InChI=1S/C23H19ClN4O2S/c1-2-30-16-7-5-6-15(12-16)22(29)28-23(31)27-20-13-14(10-11-17(20)24)21-25-18-8-3-4-9-19(18)26-21/h3-13H,2H2,1H3,(H,25,26)(H2,27,28,29,31). The molecule has 0 fully saturated rings. The number of anilines is 1. The van der Waals surface area contributed by atoms with Crippen molar-refractivity contribution >= 4 is 51.6 Å². The zero-order chi connectivity index (χ0) is 21.8. The molecule has 6 nitrogen and oxygen atoms in total. The fourth-order valence-corrected chi connectivity index (χ4v) is 3.45. The zero-order valence-corrected chi connectivity index (χ0v) is 18.2. The number of amides is 1. The van der Waals surface area contributed by atoms with Gasteiger partial charge in [0.05, 0.1) is 28.4 Å². The predicted octanol–water partition coefficient (Wildman–Crippen LogP) is 5.41. The zero-order valence-electron chi connectivity index (χ0n) is 16.6. The monoisotopic (exact) mass is 450 g/mol. The maximum Gasteiger partial charge on any atom is 0.257 e. The number of carbonyl (C=O) groups excluding carboxylic acids is 1. The van der Waals surface area contributed by atoms with Gasteiger partial charge in [-0.1, -0.05) is 29.8 Å². The Labute approximate surface area is 189 Å². The molecule has 3 aromatic carbocycles. The number of benzene rings is 3. The second kappa shape index (κ2) is 9.16. The van der Waals surface area contributed by atoms with E-state index in [2.05, 4.69) is 20.6 Å². The molecule has 156 valence electrons. The summed E-state index contributed by atoms with van der Waals surface area (Å²) in [7, 11) is 0. The van der Waals surface area contributed by atoms with E-state index in [-0.39, 0.29) is 11.0 Å². The average molecular weight is 451 g/mol. The number of fused-ring (bicyclic) bond motifs is 1. The van der Waals surface area contributed by atoms with Crippen LogP contribution in [0.4, 0.5) is 5.69 Å². The first kappa shape index (κ1) is 20.8. The van der Waals surface area contributed by atoms with Gasteiger partial charge in [-0.15, -0.1) is 0 Å². The van der Waals surface area contributed by atoms with Crippen LogP contribution < -0.4 is 15.4 Å². The van der Waals surface area contributed by atoms with E-state index in [4.69, 9.17) is 28.6 Å². The number of para-hydroxylation sites is 2. The van der Waals surface area contributed by atoms with Gasteiger partial charge in [0.25, 0.3) is 5.91 Å². The summed E-state index contributed by atoms with van der Waals surface area (Å²) in [4.78, 5) is 20.4. The molecule has 0 unspecified atom stereocenters. The van der Waals surface area contributed by atoms with Gasteiger partial charge < -0.3 is 15.0 Å². The van der Waals surface area contributed by atoms with Gasteiger partial charge in [0, 0.05) is 11.1 Å². The quantitative estimate of drug-likeness (QED) is 0.354. The lowest BCUT2D eigenvalue weighted by Crippen LogP contribution is -2.34. The number of ether oxygens (including phenoxy) is 1. The van der Waals surface area contributed by atoms with Crippen molar-refractivity contribution in [1.82, 2.24) is 15.3 Å². The third-order valence-corrected chi connectivity index (χ3v) is 5.05. The highest BCUT2D eigenvalue weighted by atomic mass is 35.5. The molecule has 4 aromatic rings. The molecule has 31 heavy (non-hydrogen) atoms. The number of H-pyrrole nitrogens is 1. The molecule has 0 aliphatic heterocycles. The topological polar surface area (TPSA) is 79.0 Å². The minimum atomic E-state index is -0.344. The smallest absolute Gasteiger partial charge is 0.257 e. The number of rotatable bonds is 5. The van der Waals surface area contributed by atoms with Gasteiger partial charge in [-0.25, -0.2) is 4.98 Å². The first-order chi connectivity index (χ1) is 15.0. The second-order valence-electron chi connectivity index (χ2n) is 6.67. The van der Waals surface area contributed by atoms with Gasteiger partial charge in [0.15, 0.2) is 5.11 Å². The summed E-state index contributed by atoms with van der Waals surface area (Å²) in [6.07, 6.45) is 0. The first-order valence-electron chi connectivity index (χ1n) is 9.63. The summed E-state index contributed by atoms with van der Waals surface area (Å²) in [6.45, 7) is 2.40. The molecule has 1 amide bonds. The third-order valence-electron chi connectivity index (χ3n) is 4.51. The van der Waals surface area contributed by atoms with Crippen molar-refractivity contribution < 1.29 is 9.53 Å². The van der Waals surface area contributed by atoms with E-state index in [0.717, 1.165) is 16.6 Å². The fraction of sp³-hybridized carbons (Fsp3) is 0.0870. The second-order valence-corrected chi connectivity index (χ2v) is 7.48. The summed E-state index contributed by atoms with van der Waals surface area (Å²) < 4.78 is 5.44. The summed E-state index contributed by atoms with van der Waals surface area (Å²) in [5, 5.41) is 6.26. The summed E-state index contributed by atoms with van der Waals surface area (Å²) in [5.41, 5.74) is 3.66. The molecule has 0 aliphatic carbocycles. The van der Waals surface area contributed by atoms with Crippen LogP contribution in [0.2, 0.25) is 5.02 Å². The fourth-order valence-electron chi connectivity index (χ4n) is 3.08. The number of carbonyl (C=O) groups is 1. The maximum absolute atomic E-state index is 12.5. The number of aromatic amines is 1. The van der Waals surface area contributed by atoms with Gasteiger partial charge in [-0.3, -0.25) is 10.1 Å². The summed E-state index contributed by atoms with van der Waals surface area (Å²) >= 11 is 11.6. The van der Waals surface area contributed by atoms with E-state index in [1.807, 2.05) is 43.3 Å². The molecule has 3 N–H and O–H groups in total. The van der Waals surface area contributed by atoms with Crippen molar-refractivity contribution in [2.45, 2.75) is 6.92 Å². The number of halogens is 1. The number of nitrogens with zero attached hydrogens (tertiary/aromatic N) is 1. The van der Waals surface area contributed by atoms with Crippen LogP contribution in [0.25, 0.3) is 22.4 Å². The normalized spacial score (nSPS) is 10.6. The lowest BCUT2D eigenvalue weighted by Gasteiger charge is -2.12. The van der Waals surface area contributed by atoms with Crippen LogP contribution in [0, 0.1) is 0 Å². The van der Waals surface area contributed by atoms with Crippen LogP contribution >= 0.6 is 23.8 Å². The van der Waals surface area contributed by atoms with E-state index < -0.39 is 0 Å². The van der Waals surface area contributed by atoms with Gasteiger partial charge in [0.1, 0.15) is 11.6 Å². The lowest BCUT2D eigenvalue weighted by atomic mass is 10.2. The molecule has 0 radical (unpaired) electrons. The predicted molar refractivity (Wildman–Crippen MR) is 128 cm³/mol. The molecular formula is C23H19ClN4O2S. The Morgan fingerprint density at radius 2 is 1.97 bits per heavy atom. The van der Waals surface area contributed by atoms with Crippen molar-refractivity contribution in [3.8, 4) is 17.1 Å². The highest BCUT2D eigenvalue weighted by Gasteiger charge is 2.12. The van der Waals surface area contributed by atoms with E-state index >= 15 is 0 Å². The van der Waals surface area contributed by atoms with E-state index in [9.17, 15) is 4.79 Å². The molecule has 4 rings (SSSR count). The molecule has 0 saturated heterocycles. The molecule has 0 aliphatic rings. The maximum atomic E-state index is 12.5. The number of hydrogen-bond donors (Lipinski definition) is 3. The van der Waals surface area contributed by atoms with Gasteiger partial charge >= 0.3 is 0 Å². The SMILES string of the molecule is CCOc1cccc(C(=O)NC(=S)Nc2cc(-c3nc4ccccc4[nH]3)ccc2Cl)c1. The number of imidazole rings is 1. The molecule has 1 heterocycles. The van der Waals surface area contributed by atoms with Crippen molar-refractivity contribution in [1.29, 1.82) is 0 Å². The molecule has 1 aromatic heterocycles.